The molecule has 32 heavy (non-hydrogen) atoms. The Labute approximate surface area is 195 Å². The molecule has 0 amide bonds. The summed E-state index contributed by atoms with van der Waals surface area (Å²) in [5.74, 6) is 3.51. The Morgan fingerprint density at radius 1 is 0.875 bits per heavy atom. The van der Waals surface area contributed by atoms with Gasteiger partial charge in [-0.05, 0) is 67.1 Å². The van der Waals surface area contributed by atoms with Crippen molar-refractivity contribution in [1.82, 2.24) is 0 Å². The Morgan fingerprint density at radius 3 is 1.94 bits per heavy atom. The predicted octanol–water partition coefficient (Wildman–Crippen LogP) is 7.58. The van der Waals surface area contributed by atoms with Crippen molar-refractivity contribution in [2.75, 3.05) is 6.61 Å². The van der Waals surface area contributed by atoms with E-state index in [1.54, 1.807) is 0 Å². The standard InChI is InChI=1S/C29H44O3/c1-3-4-5-6-23-7-9-24(10-8-23)11-12-25-13-15-26(16-14-25)27-17-19-28(20-18-27)32-29(31)22(2)21-30/h17-20,23-26,30H,2-16,21H2,1H3. The Kier molecular flexibility index (Phi) is 10.3. The highest BCUT2D eigenvalue weighted by molar-refractivity contribution is 5.89. The SMILES string of the molecule is C=C(CO)C(=O)Oc1ccc(C2CCC(CCC3CCC(CCCCC)CC3)CC2)cc1. The van der Waals surface area contributed by atoms with Crippen molar-refractivity contribution in [2.24, 2.45) is 17.8 Å². The minimum atomic E-state index is -0.564. The van der Waals surface area contributed by atoms with Gasteiger partial charge in [0.2, 0.25) is 0 Å². The van der Waals surface area contributed by atoms with Gasteiger partial charge in [0.1, 0.15) is 5.75 Å². The van der Waals surface area contributed by atoms with Crippen LogP contribution in [0.1, 0.15) is 108 Å². The van der Waals surface area contributed by atoms with Crippen molar-refractivity contribution >= 4 is 5.97 Å². The number of aliphatic hydroxyl groups excluding tert-OH is 1. The monoisotopic (exact) mass is 440 g/mol. The molecule has 0 aliphatic heterocycles. The van der Waals surface area contributed by atoms with Gasteiger partial charge in [-0.25, -0.2) is 4.79 Å². The molecule has 3 rings (SSSR count). The lowest BCUT2D eigenvalue weighted by Crippen LogP contribution is -2.18. The first-order chi connectivity index (χ1) is 15.6. The molecule has 3 heteroatoms. The molecule has 0 heterocycles. The maximum Gasteiger partial charge on any atom is 0.341 e. The second kappa shape index (κ2) is 13.2. The first-order valence-corrected chi connectivity index (χ1v) is 13.2. The molecule has 0 saturated heterocycles. The van der Waals surface area contributed by atoms with Crippen LogP contribution in [-0.4, -0.2) is 17.7 Å². The molecule has 0 radical (unpaired) electrons. The number of ether oxygens (including phenoxy) is 1. The molecular formula is C29H44O3. The van der Waals surface area contributed by atoms with E-state index >= 15 is 0 Å². The van der Waals surface area contributed by atoms with Crippen LogP contribution >= 0.6 is 0 Å². The predicted molar refractivity (Wildman–Crippen MR) is 132 cm³/mol. The van der Waals surface area contributed by atoms with E-state index in [-0.39, 0.29) is 12.2 Å². The number of benzene rings is 1. The largest absolute Gasteiger partial charge is 0.423 e. The topological polar surface area (TPSA) is 46.5 Å². The first-order valence-electron chi connectivity index (χ1n) is 13.2. The zero-order chi connectivity index (χ0) is 22.8. The van der Waals surface area contributed by atoms with Gasteiger partial charge < -0.3 is 9.84 Å². The molecule has 1 aromatic carbocycles. The Bertz CT molecular complexity index is 692. The molecule has 0 spiro atoms. The van der Waals surface area contributed by atoms with E-state index in [0.717, 1.165) is 17.8 Å². The number of unbranched alkanes of at least 4 members (excludes halogenated alkanes) is 2. The van der Waals surface area contributed by atoms with Crippen molar-refractivity contribution in [3.05, 3.63) is 42.0 Å². The number of carbonyl (C=O) groups excluding carboxylic acids is 1. The van der Waals surface area contributed by atoms with Crippen LogP contribution in [0.4, 0.5) is 0 Å². The van der Waals surface area contributed by atoms with E-state index in [1.807, 2.05) is 12.1 Å². The van der Waals surface area contributed by atoms with Gasteiger partial charge in [-0.2, -0.15) is 0 Å². The number of esters is 1. The minimum Gasteiger partial charge on any atom is -0.423 e. The second-order valence-electron chi connectivity index (χ2n) is 10.4. The van der Waals surface area contributed by atoms with Crippen LogP contribution in [0, 0.1) is 17.8 Å². The zero-order valence-corrected chi connectivity index (χ0v) is 20.2. The average Bonchev–Trinajstić information content (AvgIpc) is 2.84. The summed E-state index contributed by atoms with van der Waals surface area (Å²) in [5.41, 5.74) is 1.43. The van der Waals surface area contributed by atoms with Gasteiger partial charge in [-0.3, -0.25) is 0 Å². The third-order valence-electron chi connectivity index (χ3n) is 8.05. The third kappa shape index (κ3) is 7.76. The van der Waals surface area contributed by atoms with Crippen molar-refractivity contribution in [2.45, 2.75) is 103 Å². The highest BCUT2D eigenvalue weighted by atomic mass is 16.5. The van der Waals surface area contributed by atoms with Gasteiger partial charge in [0, 0.05) is 0 Å². The van der Waals surface area contributed by atoms with E-state index in [1.165, 1.54) is 95.5 Å². The minimum absolute atomic E-state index is 0.0763. The number of hydrogen-bond donors (Lipinski definition) is 1. The van der Waals surface area contributed by atoms with Crippen molar-refractivity contribution in [3.63, 3.8) is 0 Å². The molecule has 0 atom stereocenters. The summed E-state index contributed by atoms with van der Waals surface area (Å²) in [6, 6.07) is 7.91. The summed E-state index contributed by atoms with van der Waals surface area (Å²) < 4.78 is 5.25. The summed E-state index contributed by atoms with van der Waals surface area (Å²) in [5, 5.41) is 8.98. The van der Waals surface area contributed by atoms with Gasteiger partial charge in [0.05, 0.1) is 12.2 Å². The lowest BCUT2D eigenvalue weighted by molar-refractivity contribution is -0.130. The van der Waals surface area contributed by atoms with E-state index in [9.17, 15) is 4.79 Å². The summed E-state index contributed by atoms with van der Waals surface area (Å²) in [6.45, 7) is 5.43. The fourth-order valence-electron chi connectivity index (χ4n) is 5.80. The summed E-state index contributed by atoms with van der Waals surface area (Å²) >= 11 is 0. The fourth-order valence-corrected chi connectivity index (χ4v) is 5.80. The third-order valence-corrected chi connectivity index (χ3v) is 8.05. The second-order valence-corrected chi connectivity index (χ2v) is 10.4. The molecular weight excluding hydrogens is 396 g/mol. The van der Waals surface area contributed by atoms with Crippen LogP contribution in [0.2, 0.25) is 0 Å². The van der Waals surface area contributed by atoms with Crippen LogP contribution in [0.15, 0.2) is 36.4 Å². The van der Waals surface area contributed by atoms with Gasteiger partial charge >= 0.3 is 5.97 Å². The van der Waals surface area contributed by atoms with Crippen LogP contribution in [0.3, 0.4) is 0 Å². The smallest absolute Gasteiger partial charge is 0.341 e. The molecule has 1 N–H and O–H groups in total. The number of aliphatic hydroxyl groups is 1. The van der Waals surface area contributed by atoms with Crippen LogP contribution in [0.25, 0.3) is 0 Å². The fraction of sp³-hybridized carbons (Fsp3) is 0.690. The normalized spacial score (nSPS) is 25.9. The summed E-state index contributed by atoms with van der Waals surface area (Å²) in [6.07, 6.45) is 19.8. The maximum absolute atomic E-state index is 11.7. The Balaban J connectivity index is 1.33. The highest BCUT2D eigenvalue weighted by Gasteiger charge is 2.25. The van der Waals surface area contributed by atoms with Crippen LogP contribution in [0.5, 0.6) is 5.75 Å². The Morgan fingerprint density at radius 2 is 1.41 bits per heavy atom. The average molecular weight is 441 g/mol. The van der Waals surface area contributed by atoms with E-state index < -0.39 is 5.97 Å². The van der Waals surface area contributed by atoms with Gasteiger partial charge in [0.25, 0.3) is 0 Å². The molecule has 2 aliphatic rings. The van der Waals surface area contributed by atoms with E-state index in [2.05, 4.69) is 25.6 Å². The number of hydrogen-bond acceptors (Lipinski definition) is 3. The molecule has 0 unspecified atom stereocenters. The lowest BCUT2D eigenvalue weighted by atomic mass is 9.74. The van der Waals surface area contributed by atoms with Crippen molar-refractivity contribution in [3.8, 4) is 5.75 Å². The molecule has 3 nitrogen and oxygen atoms in total. The quantitative estimate of drug-likeness (QED) is 0.167. The highest BCUT2D eigenvalue weighted by Crippen LogP contribution is 2.40. The van der Waals surface area contributed by atoms with Gasteiger partial charge in [0.15, 0.2) is 0 Å². The van der Waals surface area contributed by atoms with E-state index in [0.29, 0.717) is 11.7 Å². The molecule has 178 valence electrons. The first kappa shape index (κ1) is 25.0. The van der Waals surface area contributed by atoms with Crippen LogP contribution in [-0.2, 0) is 4.79 Å². The number of rotatable bonds is 11. The summed E-state index contributed by atoms with van der Waals surface area (Å²) in [7, 11) is 0. The van der Waals surface area contributed by atoms with Gasteiger partial charge in [-0.1, -0.05) is 89.8 Å². The molecule has 0 aromatic heterocycles. The molecule has 2 saturated carbocycles. The molecule has 1 aromatic rings. The van der Waals surface area contributed by atoms with Gasteiger partial charge in [-0.15, -0.1) is 0 Å². The maximum atomic E-state index is 11.7. The number of carbonyl (C=O) groups is 1. The van der Waals surface area contributed by atoms with E-state index in [4.69, 9.17) is 9.84 Å². The van der Waals surface area contributed by atoms with Crippen molar-refractivity contribution < 1.29 is 14.6 Å². The zero-order valence-electron chi connectivity index (χ0n) is 20.2. The van der Waals surface area contributed by atoms with Crippen LogP contribution < -0.4 is 4.74 Å². The van der Waals surface area contributed by atoms with Crippen molar-refractivity contribution in [1.29, 1.82) is 0 Å². The molecule has 0 bridgehead atoms. The molecule has 2 aliphatic carbocycles. The Hall–Kier alpha value is -1.61. The lowest BCUT2D eigenvalue weighted by Gasteiger charge is -2.32. The molecule has 2 fully saturated rings. The summed E-state index contributed by atoms with van der Waals surface area (Å²) in [4.78, 5) is 11.7.